The Morgan fingerprint density at radius 3 is 2.22 bits per heavy atom. The molecule has 2 nitrogen and oxygen atoms in total. The van der Waals surface area contributed by atoms with Crippen molar-refractivity contribution in [2.75, 3.05) is 0 Å². The summed E-state index contributed by atoms with van der Waals surface area (Å²) in [7, 11) is 0. The van der Waals surface area contributed by atoms with Gasteiger partial charge in [-0.2, -0.15) is 0 Å². The zero-order valence-corrected chi connectivity index (χ0v) is 11.3. The number of hydrogen-bond donors (Lipinski definition) is 1. The molecular weight excluding hydrogens is 220 g/mol. The van der Waals surface area contributed by atoms with Gasteiger partial charge in [-0.05, 0) is 49.6 Å². The highest BCUT2D eigenvalue weighted by Gasteiger charge is 2.01. The van der Waals surface area contributed by atoms with Crippen LogP contribution in [0, 0.1) is 20.8 Å². The maximum absolute atomic E-state index is 4.49. The highest BCUT2D eigenvalue weighted by atomic mass is 14.9. The fourth-order valence-corrected chi connectivity index (χ4v) is 2.14. The van der Waals surface area contributed by atoms with Crippen LogP contribution in [0.15, 0.2) is 36.4 Å². The molecule has 0 radical (unpaired) electrons. The fraction of sp³-hybridized carbons (Fsp3) is 0.312. The van der Waals surface area contributed by atoms with Gasteiger partial charge in [-0.25, -0.2) is 0 Å². The molecule has 0 aliphatic rings. The van der Waals surface area contributed by atoms with E-state index in [1.807, 2.05) is 13.0 Å². The molecule has 0 spiro atoms. The average molecular weight is 240 g/mol. The van der Waals surface area contributed by atoms with Gasteiger partial charge in [-0.3, -0.25) is 4.98 Å². The lowest BCUT2D eigenvalue weighted by Gasteiger charge is -2.10. The van der Waals surface area contributed by atoms with E-state index >= 15 is 0 Å². The molecule has 1 aromatic heterocycles. The van der Waals surface area contributed by atoms with E-state index in [2.05, 4.69) is 54.5 Å². The molecule has 0 amide bonds. The summed E-state index contributed by atoms with van der Waals surface area (Å²) in [5.41, 5.74) is 6.26. The van der Waals surface area contributed by atoms with Crippen molar-refractivity contribution in [3.8, 4) is 0 Å². The van der Waals surface area contributed by atoms with Crippen molar-refractivity contribution in [3.63, 3.8) is 0 Å². The quantitative estimate of drug-likeness (QED) is 0.887. The van der Waals surface area contributed by atoms with Crippen LogP contribution >= 0.6 is 0 Å². The van der Waals surface area contributed by atoms with E-state index in [4.69, 9.17) is 0 Å². The first kappa shape index (κ1) is 12.8. The molecule has 2 heteroatoms. The van der Waals surface area contributed by atoms with Crippen LogP contribution in [0.1, 0.15) is 28.1 Å². The fourth-order valence-electron chi connectivity index (χ4n) is 2.14. The van der Waals surface area contributed by atoms with Crippen molar-refractivity contribution in [2.45, 2.75) is 33.9 Å². The van der Waals surface area contributed by atoms with Gasteiger partial charge in [0.2, 0.25) is 0 Å². The van der Waals surface area contributed by atoms with Crippen molar-refractivity contribution in [3.05, 3.63) is 64.5 Å². The maximum atomic E-state index is 4.49. The second kappa shape index (κ2) is 5.78. The molecule has 0 aliphatic carbocycles. The van der Waals surface area contributed by atoms with Gasteiger partial charge in [0.1, 0.15) is 0 Å². The van der Waals surface area contributed by atoms with Crippen LogP contribution < -0.4 is 5.32 Å². The van der Waals surface area contributed by atoms with Crippen molar-refractivity contribution < 1.29 is 0 Å². The number of pyridine rings is 1. The van der Waals surface area contributed by atoms with Crippen LogP contribution in [0.4, 0.5) is 0 Å². The molecule has 0 fully saturated rings. The van der Waals surface area contributed by atoms with Crippen molar-refractivity contribution >= 4 is 0 Å². The predicted molar refractivity (Wildman–Crippen MR) is 75.4 cm³/mol. The molecule has 1 aromatic carbocycles. The molecule has 94 valence electrons. The zero-order valence-electron chi connectivity index (χ0n) is 11.3. The predicted octanol–water partition coefficient (Wildman–Crippen LogP) is 3.30. The molecule has 1 N–H and O–H groups in total. The molecule has 0 aliphatic heterocycles. The van der Waals surface area contributed by atoms with E-state index in [1.54, 1.807) is 0 Å². The number of aromatic nitrogens is 1. The number of aryl methyl sites for hydroxylation is 3. The number of nitrogens with zero attached hydrogens (tertiary/aromatic N) is 1. The van der Waals surface area contributed by atoms with E-state index in [0.717, 1.165) is 24.5 Å². The maximum Gasteiger partial charge on any atom is 0.0544 e. The molecule has 0 saturated heterocycles. The molecule has 0 unspecified atom stereocenters. The summed E-state index contributed by atoms with van der Waals surface area (Å²) < 4.78 is 0. The van der Waals surface area contributed by atoms with Gasteiger partial charge in [0.25, 0.3) is 0 Å². The van der Waals surface area contributed by atoms with Crippen LogP contribution in [0.3, 0.4) is 0 Å². The second-order valence-electron chi connectivity index (χ2n) is 4.74. The van der Waals surface area contributed by atoms with E-state index in [-0.39, 0.29) is 0 Å². The molecule has 0 bridgehead atoms. The highest BCUT2D eigenvalue weighted by molar-refractivity contribution is 5.33. The number of hydrogen-bond acceptors (Lipinski definition) is 2. The average Bonchev–Trinajstić information content (AvgIpc) is 2.33. The minimum absolute atomic E-state index is 0.815. The topological polar surface area (TPSA) is 24.9 Å². The lowest BCUT2D eigenvalue weighted by molar-refractivity contribution is 0.673. The van der Waals surface area contributed by atoms with Crippen LogP contribution in [0.5, 0.6) is 0 Å². The van der Waals surface area contributed by atoms with Gasteiger partial charge in [0.15, 0.2) is 0 Å². The van der Waals surface area contributed by atoms with Crippen LogP contribution in [-0.4, -0.2) is 4.98 Å². The minimum atomic E-state index is 0.815. The first-order chi connectivity index (χ1) is 8.66. The number of rotatable bonds is 4. The molecule has 2 rings (SSSR count). The Kier molecular flexibility index (Phi) is 4.11. The smallest absolute Gasteiger partial charge is 0.0544 e. The molecule has 0 saturated carbocycles. The van der Waals surface area contributed by atoms with E-state index in [1.165, 1.54) is 16.7 Å². The van der Waals surface area contributed by atoms with Crippen molar-refractivity contribution in [1.29, 1.82) is 0 Å². The number of benzene rings is 1. The second-order valence-corrected chi connectivity index (χ2v) is 4.74. The first-order valence-corrected chi connectivity index (χ1v) is 6.35. The highest BCUT2D eigenvalue weighted by Crippen LogP contribution is 2.12. The van der Waals surface area contributed by atoms with Gasteiger partial charge >= 0.3 is 0 Å². The zero-order chi connectivity index (χ0) is 13.0. The summed E-state index contributed by atoms with van der Waals surface area (Å²) >= 11 is 0. The van der Waals surface area contributed by atoms with E-state index in [0.29, 0.717) is 0 Å². The summed E-state index contributed by atoms with van der Waals surface area (Å²) in [5.74, 6) is 0. The summed E-state index contributed by atoms with van der Waals surface area (Å²) in [6, 6.07) is 12.6. The van der Waals surface area contributed by atoms with Crippen molar-refractivity contribution in [1.82, 2.24) is 10.3 Å². The minimum Gasteiger partial charge on any atom is -0.307 e. The lowest BCUT2D eigenvalue weighted by Crippen LogP contribution is -2.15. The van der Waals surface area contributed by atoms with E-state index < -0.39 is 0 Å². The number of nitrogens with one attached hydrogen (secondary N) is 1. The largest absolute Gasteiger partial charge is 0.307 e. The van der Waals surface area contributed by atoms with Gasteiger partial charge < -0.3 is 5.32 Å². The molecule has 18 heavy (non-hydrogen) atoms. The first-order valence-electron chi connectivity index (χ1n) is 6.35. The summed E-state index contributed by atoms with van der Waals surface area (Å²) in [5, 5.41) is 3.46. The van der Waals surface area contributed by atoms with Gasteiger partial charge in [-0.1, -0.05) is 24.3 Å². The molecule has 1 heterocycles. The third-order valence-corrected chi connectivity index (χ3v) is 3.20. The van der Waals surface area contributed by atoms with Gasteiger partial charge in [0.05, 0.1) is 5.69 Å². The Balaban J connectivity index is 1.97. The van der Waals surface area contributed by atoms with Crippen molar-refractivity contribution in [2.24, 2.45) is 0 Å². The van der Waals surface area contributed by atoms with Crippen LogP contribution in [0.2, 0.25) is 0 Å². The molecule has 0 atom stereocenters. The molecule has 2 aromatic rings. The van der Waals surface area contributed by atoms with Gasteiger partial charge in [0, 0.05) is 18.8 Å². The summed E-state index contributed by atoms with van der Waals surface area (Å²) in [4.78, 5) is 4.49. The Morgan fingerprint density at radius 1 is 0.889 bits per heavy atom. The third-order valence-electron chi connectivity index (χ3n) is 3.20. The SMILES string of the molecule is Cc1cccc(CNCc2c(C)cccc2C)n1. The lowest BCUT2D eigenvalue weighted by atomic mass is 10.0. The standard InChI is InChI=1S/C16H20N2/c1-12-6-4-7-13(2)16(12)11-17-10-15-9-5-8-14(3)18-15/h4-9,17H,10-11H2,1-3H3. The van der Waals surface area contributed by atoms with Crippen LogP contribution in [0.25, 0.3) is 0 Å². The Hall–Kier alpha value is -1.67. The summed E-state index contributed by atoms with van der Waals surface area (Å²) in [6.07, 6.45) is 0. The molecular formula is C16H20N2. The third kappa shape index (κ3) is 3.17. The van der Waals surface area contributed by atoms with Crippen LogP contribution in [-0.2, 0) is 13.1 Å². The Labute approximate surface area is 109 Å². The Morgan fingerprint density at radius 2 is 1.56 bits per heavy atom. The normalized spacial score (nSPS) is 10.6. The Bertz CT molecular complexity index is 512. The summed E-state index contributed by atoms with van der Waals surface area (Å²) in [6.45, 7) is 8.06. The van der Waals surface area contributed by atoms with Gasteiger partial charge in [-0.15, -0.1) is 0 Å². The van der Waals surface area contributed by atoms with E-state index in [9.17, 15) is 0 Å². The monoisotopic (exact) mass is 240 g/mol.